The summed E-state index contributed by atoms with van der Waals surface area (Å²) in [6, 6.07) is 2.35. The molecule has 1 fully saturated rings. The van der Waals surface area contributed by atoms with Crippen LogP contribution in [0.4, 0.5) is 5.00 Å². The molecule has 0 aromatic carbocycles. The van der Waals surface area contributed by atoms with Crippen molar-refractivity contribution in [2.75, 3.05) is 25.0 Å². The van der Waals surface area contributed by atoms with Crippen molar-refractivity contribution in [1.29, 1.82) is 5.26 Å². The van der Waals surface area contributed by atoms with Crippen LogP contribution >= 0.6 is 11.3 Å². The van der Waals surface area contributed by atoms with Crippen LogP contribution in [0, 0.1) is 28.6 Å². The summed E-state index contributed by atoms with van der Waals surface area (Å²) in [4.78, 5) is 16.0. The molecule has 1 amide bonds. The largest absolute Gasteiger partial charge is 0.315 e. The molecule has 0 unspecified atom stereocenters. The minimum atomic E-state index is 0.0158. The van der Waals surface area contributed by atoms with Crippen LogP contribution in [0.3, 0.4) is 0 Å². The van der Waals surface area contributed by atoms with Gasteiger partial charge in [0.2, 0.25) is 5.91 Å². The number of carbonyl (C=O) groups is 1. The van der Waals surface area contributed by atoms with Crippen LogP contribution in [-0.4, -0.2) is 30.4 Å². The number of fused-ring (bicyclic) bond motifs is 1. The van der Waals surface area contributed by atoms with E-state index in [1.54, 1.807) is 11.3 Å². The highest BCUT2D eigenvalue weighted by Gasteiger charge is 2.32. The lowest BCUT2D eigenvalue weighted by Gasteiger charge is -2.33. The molecule has 0 spiro atoms. The normalized spacial score (nSPS) is 21.9. The lowest BCUT2D eigenvalue weighted by atomic mass is 9.72. The molecule has 4 nitrogen and oxygen atoms in total. The number of amides is 1. The molecule has 3 rings (SSSR count). The van der Waals surface area contributed by atoms with Gasteiger partial charge in [0, 0.05) is 4.88 Å². The Bertz CT molecular complexity index is 702. The van der Waals surface area contributed by atoms with Crippen LogP contribution in [0.15, 0.2) is 0 Å². The molecule has 1 N–H and O–H groups in total. The Morgan fingerprint density at radius 3 is 2.62 bits per heavy atom. The summed E-state index contributed by atoms with van der Waals surface area (Å²) in [7, 11) is 0. The van der Waals surface area contributed by atoms with Crippen molar-refractivity contribution in [3.63, 3.8) is 0 Å². The highest BCUT2D eigenvalue weighted by molar-refractivity contribution is 7.16. The number of hydrogen-bond donors (Lipinski definition) is 1. The molecule has 0 bridgehead atoms. The van der Waals surface area contributed by atoms with Crippen LogP contribution in [0.1, 0.15) is 63.0 Å². The summed E-state index contributed by atoms with van der Waals surface area (Å²) in [6.07, 6.45) is 5.44. The van der Waals surface area contributed by atoms with Crippen molar-refractivity contribution in [3.8, 4) is 6.07 Å². The molecule has 1 aromatic heterocycles. The molecule has 1 saturated heterocycles. The van der Waals surface area contributed by atoms with Crippen LogP contribution in [0.5, 0.6) is 0 Å². The Morgan fingerprint density at radius 1 is 1.31 bits per heavy atom. The van der Waals surface area contributed by atoms with Crippen molar-refractivity contribution in [3.05, 3.63) is 16.0 Å². The topological polar surface area (TPSA) is 56.1 Å². The lowest BCUT2D eigenvalue weighted by molar-refractivity contribution is -0.117. The quantitative estimate of drug-likeness (QED) is 0.852. The van der Waals surface area contributed by atoms with Gasteiger partial charge in [0.05, 0.1) is 12.1 Å². The number of nitrogens with one attached hydrogen (secondary N) is 1. The number of carbonyl (C=O) groups excluding carboxylic acids is 1. The number of anilines is 1. The van der Waals surface area contributed by atoms with Crippen LogP contribution in [0.25, 0.3) is 0 Å². The zero-order chi connectivity index (χ0) is 18.9. The lowest BCUT2D eigenvalue weighted by Crippen LogP contribution is -2.38. The predicted octanol–water partition coefficient (Wildman–Crippen LogP) is 4.44. The van der Waals surface area contributed by atoms with E-state index >= 15 is 0 Å². The van der Waals surface area contributed by atoms with Gasteiger partial charge in [-0.2, -0.15) is 5.26 Å². The second kappa shape index (κ2) is 7.70. The minimum absolute atomic E-state index is 0.0158. The van der Waals surface area contributed by atoms with Crippen LogP contribution < -0.4 is 5.32 Å². The fourth-order valence-electron chi connectivity index (χ4n) is 4.12. The highest BCUT2D eigenvalue weighted by atomic mass is 32.1. The molecule has 1 aliphatic heterocycles. The molecular formula is C21H31N3OS. The molecule has 0 radical (unpaired) electrons. The van der Waals surface area contributed by atoms with Gasteiger partial charge in [0.1, 0.15) is 11.1 Å². The summed E-state index contributed by atoms with van der Waals surface area (Å²) in [5, 5.41) is 13.5. The second-order valence-electron chi connectivity index (χ2n) is 9.13. The number of piperidine rings is 1. The predicted molar refractivity (Wildman–Crippen MR) is 107 cm³/mol. The fourth-order valence-corrected chi connectivity index (χ4v) is 5.41. The summed E-state index contributed by atoms with van der Waals surface area (Å²) in [5.41, 5.74) is 2.17. The van der Waals surface area contributed by atoms with Gasteiger partial charge in [-0.05, 0) is 68.0 Å². The Kier molecular flexibility index (Phi) is 5.74. The van der Waals surface area contributed by atoms with E-state index in [0.717, 1.165) is 56.1 Å². The molecule has 2 heterocycles. The molecule has 26 heavy (non-hydrogen) atoms. The zero-order valence-electron chi connectivity index (χ0n) is 16.5. The van der Waals surface area contributed by atoms with Crippen molar-refractivity contribution >= 4 is 22.2 Å². The van der Waals surface area contributed by atoms with E-state index in [0.29, 0.717) is 18.0 Å². The number of nitriles is 1. The third-order valence-electron chi connectivity index (χ3n) is 6.10. The van der Waals surface area contributed by atoms with E-state index in [1.807, 2.05) is 0 Å². The summed E-state index contributed by atoms with van der Waals surface area (Å²) >= 11 is 1.62. The molecule has 1 aliphatic carbocycles. The van der Waals surface area contributed by atoms with Crippen molar-refractivity contribution in [1.82, 2.24) is 4.90 Å². The summed E-state index contributed by atoms with van der Waals surface area (Å²) in [6.45, 7) is 11.6. The first-order valence-corrected chi connectivity index (χ1v) is 10.7. The molecule has 142 valence electrons. The smallest absolute Gasteiger partial charge is 0.239 e. The number of hydrogen-bond acceptors (Lipinski definition) is 4. The van der Waals surface area contributed by atoms with E-state index in [9.17, 15) is 10.1 Å². The van der Waals surface area contributed by atoms with Crippen LogP contribution in [0.2, 0.25) is 0 Å². The number of thiophene rings is 1. The monoisotopic (exact) mass is 373 g/mol. The van der Waals surface area contributed by atoms with Crippen molar-refractivity contribution in [2.45, 2.75) is 59.8 Å². The van der Waals surface area contributed by atoms with Gasteiger partial charge in [-0.3, -0.25) is 9.69 Å². The number of rotatable bonds is 3. The van der Waals surface area contributed by atoms with Gasteiger partial charge in [-0.15, -0.1) is 11.3 Å². The zero-order valence-corrected chi connectivity index (χ0v) is 17.3. The SMILES string of the molecule is CC1CCN(CC(=O)Nc2sc3c(c2C#N)CC[C@@H](C(C)(C)C)C3)CC1. The maximum absolute atomic E-state index is 12.5. The van der Waals surface area contributed by atoms with E-state index in [1.165, 1.54) is 10.4 Å². The fraction of sp³-hybridized carbons (Fsp3) is 0.714. The number of nitrogens with zero attached hydrogens (tertiary/aromatic N) is 2. The third kappa shape index (κ3) is 4.29. The van der Waals surface area contributed by atoms with Crippen molar-refractivity contribution < 1.29 is 4.79 Å². The molecule has 1 atom stereocenters. The maximum atomic E-state index is 12.5. The van der Waals surface area contributed by atoms with Gasteiger partial charge in [-0.25, -0.2) is 0 Å². The first kappa shape index (κ1) is 19.4. The Hall–Kier alpha value is -1.38. The Balaban J connectivity index is 1.68. The molecule has 5 heteroatoms. The average Bonchev–Trinajstić information content (AvgIpc) is 2.92. The van der Waals surface area contributed by atoms with Gasteiger partial charge >= 0.3 is 0 Å². The van der Waals surface area contributed by atoms with Gasteiger partial charge in [0.25, 0.3) is 0 Å². The van der Waals surface area contributed by atoms with Gasteiger partial charge in [0.15, 0.2) is 0 Å². The van der Waals surface area contributed by atoms with E-state index < -0.39 is 0 Å². The first-order valence-electron chi connectivity index (χ1n) is 9.84. The molecule has 2 aliphatic rings. The maximum Gasteiger partial charge on any atom is 0.239 e. The number of likely N-dealkylation sites (tertiary alicyclic amines) is 1. The molecule has 0 saturated carbocycles. The standard InChI is InChI=1S/C21H31N3OS/c1-14-7-9-24(10-8-14)13-19(25)23-20-17(12-22)16-6-5-15(21(2,3)4)11-18(16)26-20/h14-15H,5-11,13H2,1-4H3,(H,23,25)/t15-/m1/s1. The molecular weight excluding hydrogens is 342 g/mol. The van der Waals surface area contributed by atoms with Gasteiger partial charge < -0.3 is 5.32 Å². The average molecular weight is 374 g/mol. The Morgan fingerprint density at radius 2 is 2.00 bits per heavy atom. The second-order valence-corrected chi connectivity index (χ2v) is 10.2. The highest BCUT2D eigenvalue weighted by Crippen LogP contribution is 2.43. The minimum Gasteiger partial charge on any atom is -0.315 e. The van der Waals surface area contributed by atoms with Crippen molar-refractivity contribution in [2.24, 2.45) is 17.3 Å². The first-order chi connectivity index (χ1) is 12.3. The Labute approximate surface area is 161 Å². The van der Waals surface area contributed by atoms with Crippen LogP contribution in [-0.2, 0) is 17.6 Å². The van der Waals surface area contributed by atoms with E-state index in [2.05, 4.69) is 44.0 Å². The van der Waals surface area contributed by atoms with Gasteiger partial charge in [-0.1, -0.05) is 27.7 Å². The van der Waals surface area contributed by atoms with E-state index in [-0.39, 0.29) is 11.3 Å². The third-order valence-corrected chi connectivity index (χ3v) is 7.27. The summed E-state index contributed by atoms with van der Waals surface area (Å²) in [5.74, 6) is 1.42. The summed E-state index contributed by atoms with van der Waals surface area (Å²) < 4.78 is 0. The molecule has 1 aromatic rings. The van der Waals surface area contributed by atoms with E-state index in [4.69, 9.17) is 0 Å².